The highest BCUT2D eigenvalue weighted by molar-refractivity contribution is 5.89. The second kappa shape index (κ2) is 7.05. The van der Waals surface area contributed by atoms with Crippen molar-refractivity contribution < 1.29 is 9.53 Å². The zero-order chi connectivity index (χ0) is 12.7. The van der Waals surface area contributed by atoms with Crippen LogP contribution in [0.2, 0.25) is 0 Å². The van der Waals surface area contributed by atoms with E-state index in [-0.39, 0.29) is 5.97 Å². The molecule has 0 aliphatic rings. The quantitative estimate of drug-likeness (QED) is 0.561. The Labute approximate surface area is 103 Å². The number of ether oxygens (including phenoxy) is 1. The van der Waals surface area contributed by atoms with Crippen LogP contribution in [0, 0.1) is 5.92 Å². The molecule has 0 saturated heterocycles. The predicted octanol–water partition coefficient (Wildman–Crippen LogP) is 3.24. The van der Waals surface area contributed by atoms with E-state index in [2.05, 4.69) is 25.8 Å². The number of rotatable bonds is 6. The van der Waals surface area contributed by atoms with Gasteiger partial charge in [-0.05, 0) is 30.9 Å². The topological polar surface area (TPSA) is 39.2 Å². The molecule has 0 bridgehead atoms. The number of pyridine rings is 1. The molecule has 0 saturated carbocycles. The van der Waals surface area contributed by atoms with Crippen LogP contribution in [0.25, 0.3) is 0 Å². The van der Waals surface area contributed by atoms with Crippen LogP contribution in [-0.2, 0) is 11.2 Å². The average molecular weight is 235 g/mol. The van der Waals surface area contributed by atoms with Gasteiger partial charge in [0.05, 0.1) is 12.2 Å². The van der Waals surface area contributed by atoms with Crippen molar-refractivity contribution in [2.75, 3.05) is 6.61 Å². The number of unbranched alkanes of at least 4 members (excludes halogenated alkanes) is 1. The van der Waals surface area contributed by atoms with Gasteiger partial charge >= 0.3 is 5.97 Å². The minimum absolute atomic E-state index is 0.245. The molecule has 0 aromatic carbocycles. The molecule has 0 fully saturated rings. The molecule has 1 rings (SSSR count). The SMILES string of the molecule is CCCCOC(=O)c1ccnc(CC(C)C)c1. The predicted molar refractivity (Wildman–Crippen MR) is 68.0 cm³/mol. The number of hydrogen-bond acceptors (Lipinski definition) is 3. The molecule has 0 aliphatic carbocycles. The normalized spacial score (nSPS) is 10.6. The Morgan fingerprint density at radius 3 is 2.88 bits per heavy atom. The highest BCUT2D eigenvalue weighted by atomic mass is 16.5. The smallest absolute Gasteiger partial charge is 0.338 e. The summed E-state index contributed by atoms with van der Waals surface area (Å²) in [6.45, 7) is 6.83. The van der Waals surface area contributed by atoms with Crippen molar-refractivity contribution in [1.82, 2.24) is 4.98 Å². The van der Waals surface area contributed by atoms with Gasteiger partial charge in [-0.1, -0.05) is 27.2 Å². The third kappa shape index (κ3) is 4.98. The molecule has 0 unspecified atom stereocenters. The van der Waals surface area contributed by atoms with E-state index < -0.39 is 0 Å². The third-order valence-electron chi connectivity index (χ3n) is 2.40. The zero-order valence-electron chi connectivity index (χ0n) is 10.9. The number of aromatic nitrogens is 1. The number of carbonyl (C=O) groups excluding carboxylic acids is 1. The van der Waals surface area contributed by atoms with Crippen LogP contribution in [-0.4, -0.2) is 17.6 Å². The Kier molecular flexibility index (Phi) is 5.67. The summed E-state index contributed by atoms with van der Waals surface area (Å²) in [6, 6.07) is 3.53. The van der Waals surface area contributed by atoms with Crippen molar-refractivity contribution in [3.63, 3.8) is 0 Å². The Hall–Kier alpha value is -1.38. The van der Waals surface area contributed by atoms with Gasteiger partial charge in [0.1, 0.15) is 0 Å². The van der Waals surface area contributed by atoms with E-state index in [0.717, 1.165) is 25.0 Å². The Bertz CT molecular complexity index is 361. The van der Waals surface area contributed by atoms with Crippen LogP contribution in [0.1, 0.15) is 49.7 Å². The second-order valence-electron chi connectivity index (χ2n) is 4.62. The molecule has 17 heavy (non-hydrogen) atoms. The first kappa shape index (κ1) is 13.7. The Morgan fingerprint density at radius 2 is 2.24 bits per heavy atom. The van der Waals surface area contributed by atoms with Crippen LogP contribution < -0.4 is 0 Å². The molecule has 0 aliphatic heterocycles. The lowest BCUT2D eigenvalue weighted by molar-refractivity contribution is 0.0499. The summed E-state index contributed by atoms with van der Waals surface area (Å²) in [4.78, 5) is 16.0. The number of hydrogen-bond donors (Lipinski definition) is 0. The van der Waals surface area contributed by atoms with Crippen molar-refractivity contribution in [2.24, 2.45) is 5.92 Å². The van der Waals surface area contributed by atoms with Gasteiger partial charge in [-0.25, -0.2) is 4.79 Å². The fraction of sp³-hybridized carbons (Fsp3) is 0.571. The third-order valence-corrected chi connectivity index (χ3v) is 2.40. The maximum atomic E-state index is 11.7. The summed E-state index contributed by atoms with van der Waals surface area (Å²) in [5, 5.41) is 0. The fourth-order valence-electron chi connectivity index (χ4n) is 1.53. The lowest BCUT2D eigenvalue weighted by Gasteiger charge is -2.07. The standard InChI is InChI=1S/C14H21NO2/c1-4-5-8-17-14(16)12-6-7-15-13(10-12)9-11(2)3/h6-7,10-11H,4-5,8-9H2,1-3H3. The lowest BCUT2D eigenvalue weighted by atomic mass is 10.1. The van der Waals surface area contributed by atoms with E-state index in [9.17, 15) is 4.79 Å². The maximum absolute atomic E-state index is 11.7. The summed E-state index contributed by atoms with van der Waals surface area (Å²) in [7, 11) is 0. The van der Waals surface area contributed by atoms with Gasteiger partial charge in [0.2, 0.25) is 0 Å². The number of carbonyl (C=O) groups is 1. The minimum atomic E-state index is -0.245. The van der Waals surface area contributed by atoms with E-state index in [1.54, 1.807) is 12.3 Å². The van der Waals surface area contributed by atoms with Gasteiger partial charge in [0.15, 0.2) is 0 Å². The van der Waals surface area contributed by atoms with Crippen LogP contribution in [0.5, 0.6) is 0 Å². The van der Waals surface area contributed by atoms with Crippen molar-refractivity contribution in [1.29, 1.82) is 0 Å². The monoisotopic (exact) mass is 235 g/mol. The van der Waals surface area contributed by atoms with Crippen LogP contribution in [0.3, 0.4) is 0 Å². The average Bonchev–Trinajstić information content (AvgIpc) is 2.28. The molecule has 94 valence electrons. The first-order valence-electron chi connectivity index (χ1n) is 6.25. The van der Waals surface area contributed by atoms with Crippen molar-refractivity contribution >= 4 is 5.97 Å². The van der Waals surface area contributed by atoms with Gasteiger partial charge in [0.25, 0.3) is 0 Å². The summed E-state index contributed by atoms with van der Waals surface area (Å²) < 4.78 is 5.16. The van der Waals surface area contributed by atoms with Gasteiger partial charge in [-0.2, -0.15) is 0 Å². The van der Waals surface area contributed by atoms with Crippen LogP contribution in [0.4, 0.5) is 0 Å². The number of esters is 1. The molecule has 0 spiro atoms. The van der Waals surface area contributed by atoms with Crippen molar-refractivity contribution in [2.45, 2.75) is 40.0 Å². The van der Waals surface area contributed by atoms with Crippen molar-refractivity contribution in [3.05, 3.63) is 29.6 Å². The molecule has 1 aromatic heterocycles. The minimum Gasteiger partial charge on any atom is -0.462 e. The molecule has 1 heterocycles. The zero-order valence-corrected chi connectivity index (χ0v) is 10.9. The molecule has 0 amide bonds. The largest absolute Gasteiger partial charge is 0.462 e. The molecular weight excluding hydrogens is 214 g/mol. The molecule has 0 atom stereocenters. The molecule has 3 nitrogen and oxygen atoms in total. The second-order valence-corrected chi connectivity index (χ2v) is 4.62. The van der Waals surface area contributed by atoms with Crippen LogP contribution in [0.15, 0.2) is 18.3 Å². The lowest BCUT2D eigenvalue weighted by Crippen LogP contribution is -2.08. The highest BCUT2D eigenvalue weighted by Crippen LogP contribution is 2.09. The summed E-state index contributed by atoms with van der Waals surface area (Å²) in [5.74, 6) is 0.291. The van der Waals surface area contributed by atoms with Gasteiger partial charge in [0, 0.05) is 11.9 Å². The number of nitrogens with zero attached hydrogens (tertiary/aromatic N) is 1. The van der Waals surface area contributed by atoms with Crippen molar-refractivity contribution in [3.8, 4) is 0 Å². The van der Waals surface area contributed by atoms with Gasteiger partial charge in [-0.3, -0.25) is 4.98 Å². The first-order chi connectivity index (χ1) is 8.13. The first-order valence-corrected chi connectivity index (χ1v) is 6.25. The van der Waals surface area contributed by atoms with Gasteiger partial charge < -0.3 is 4.74 Å². The summed E-state index contributed by atoms with van der Waals surface area (Å²) in [6.07, 6.45) is 4.50. The molecule has 0 N–H and O–H groups in total. The van der Waals surface area contributed by atoms with E-state index in [1.807, 2.05) is 6.07 Å². The summed E-state index contributed by atoms with van der Waals surface area (Å²) >= 11 is 0. The van der Waals surface area contributed by atoms with E-state index in [4.69, 9.17) is 4.74 Å². The fourth-order valence-corrected chi connectivity index (χ4v) is 1.53. The molecule has 0 radical (unpaired) electrons. The molecule has 1 aromatic rings. The maximum Gasteiger partial charge on any atom is 0.338 e. The Morgan fingerprint density at radius 1 is 1.47 bits per heavy atom. The van der Waals surface area contributed by atoms with E-state index in [1.165, 1.54) is 0 Å². The van der Waals surface area contributed by atoms with E-state index in [0.29, 0.717) is 18.1 Å². The highest BCUT2D eigenvalue weighted by Gasteiger charge is 2.08. The molecule has 3 heteroatoms. The Balaban J connectivity index is 2.60. The van der Waals surface area contributed by atoms with E-state index >= 15 is 0 Å². The van der Waals surface area contributed by atoms with Crippen LogP contribution >= 0.6 is 0 Å². The molecular formula is C14H21NO2. The van der Waals surface area contributed by atoms with Gasteiger partial charge in [-0.15, -0.1) is 0 Å². The summed E-state index contributed by atoms with van der Waals surface area (Å²) in [5.41, 5.74) is 1.55.